The molecule has 0 aliphatic carbocycles. The second kappa shape index (κ2) is 5.92. The number of rotatable bonds is 4. The summed E-state index contributed by atoms with van der Waals surface area (Å²) in [4.78, 5) is 29.8. The van der Waals surface area contributed by atoms with Crippen LogP contribution < -0.4 is 4.74 Å². The van der Waals surface area contributed by atoms with Crippen LogP contribution >= 0.6 is 0 Å². The quantitative estimate of drug-likeness (QED) is 0.873. The van der Waals surface area contributed by atoms with E-state index in [0.717, 1.165) is 4.90 Å². The molecular weight excluding hydrogens is 296 g/mol. The highest BCUT2D eigenvalue weighted by atomic mass is 16.5. The third-order valence-electron chi connectivity index (χ3n) is 3.58. The molecule has 0 fully saturated rings. The number of ether oxygens (including phenoxy) is 1. The van der Waals surface area contributed by atoms with Crippen molar-refractivity contribution in [1.82, 2.24) is 9.88 Å². The van der Waals surface area contributed by atoms with Crippen molar-refractivity contribution in [3.05, 3.63) is 65.7 Å². The lowest BCUT2D eigenvalue weighted by atomic mass is 10.0. The Labute approximate surface area is 132 Å². The minimum atomic E-state index is -0.722. The van der Waals surface area contributed by atoms with Gasteiger partial charge in [0.05, 0.1) is 19.2 Å². The minimum absolute atomic E-state index is 0.0451. The molecule has 0 unspecified atom stereocenters. The Morgan fingerprint density at radius 3 is 2.61 bits per heavy atom. The molecule has 1 aliphatic rings. The number of para-hydroxylation sites is 1. The van der Waals surface area contributed by atoms with Crippen LogP contribution in [0, 0.1) is 0 Å². The second-order valence-electron chi connectivity index (χ2n) is 4.98. The SMILES string of the molecule is COc1ccccc1C1=C(O)C(=O)N(Cc2cccnc2)C1=O. The Morgan fingerprint density at radius 1 is 1.13 bits per heavy atom. The number of pyridine rings is 1. The van der Waals surface area contributed by atoms with E-state index in [9.17, 15) is 14.7 Å². The normalized spacial score (nSPS) is 14.6. The van der Waals surface area contributed by atoms with E-state index in [1.54, 1.807) is 48.8 Å². The van der Waals surface area contributed by atoms with Gasteiger partial charge in [-0.3, -0.25) is 19.5 Å². The van der Waals surface area contributed by atoms with Crippen molar-refractivity contribution in [3.63, 3.8) is 0 Å². The zero-order valence-corrected chi connectivity index (χ0v) is 12.4. The van der Waals surface area contributed by atoms with Gasteiger partial charge in [-0.2, -0.15) is 0 Å². The van der Waals surface area contributed by atoms with Gasteiger partial charge in [-0.1, -0.05) is 24.3 Å². The van der Waals surface area contributed by atoms with Gasteiger partial charge in [0, 0.05) is 18.0 Å². The standard InChI is InChI=1S/C17H14N2O4/c1-23-13-7-3-2-6-12(13)14-15(20)17(22)19(16(14)21)10-11-5-4-8-18-9-11/h2-9,20H,10H2,1H3. The number of carbonyl (C=O) groups excluding carboxylic acids is 2. The lowest BCUT2D eigenvalue weighted by Gasteiger charge is -2.14. The fraction of sp³-hybridized carbons (Fsp3) is 0.118. The maximum atomic E-state index is 12.6. The van der Waals surface area contributed by atoms with E-state index in [0.29, 0.717) is 16.9 Å². The molecule has 0 bridgehead atoms. The Morgan fingerprint density at radius 2 is 1.91 bits per heavy atom. The molecule has 0 atom stereocenters. The van der Waals surface area contributed by atoms with Crippen LogP contribution in [-0.2, 0) is 16.1 Å². The van der Waals surface area contributed by atoms with Crippen LogP contribution in [0.4, 0.5) is 0 Å². The number of aliphatic hydroxyl groups excluding tert-OH is 1. The molecule has 1 aromatic heterocycles. The average Bonchev–Trinajstić information content (AvgIpc) is 2.79. The van der Waals surface area contributed by atoms with Gasteiger partial charge in [0.15, 0.2) is 5.76 Å². The summed E-state index contributed by atoms with van der Waals surface area (Å²) in [6.45, 7) is 0.0498. The first-order chi connectivity index (χ1) is 11.1. The van der Waals surface area contributed by atoms with Gasteiger partial charge in [0.1, 0.15) is 5.75 Å². The molecule has 116 valence electrons. The molecule has 2 aromatic rings. The molecule has 0 saturated carbocycles. The van der Waals surface area contributed by atoms with Crippen molar-refractivity contribution in [2.24, 2.45) is 0 Å². The summed E-state index contributed by atoms with van der Waals surface area (Å²) in [6.07, 6.45) is 3.17. The third kappa shape index (κ3) is 2.55. The smallest absolute Gasteiger partial charge is 0.296 e. The molecular formula is C17H14N2O4. The first-order valence-corrected chi connectivity index (χ1v) is 6.95. The number of benzene rings is 1. The number of amides is 2. The molecule has 3 rings (SSSR count). The van der Waals surface area contributed by atoms with Crippen molar-refractivity contribution in [2.75, 3.05) is 7.11 Å². The molecule has 1 N–H and O–H groups in total. The third-order valence-corrected chi connectivity index (χ3v) is 3.58. The summed E-state index contributed by atoms with van der Waals surface area (Å²) in [7, 11) is 1.46. The first kappa shape index (κ1) is 14.8. The van der Waals surface area contributed by atoms with Gasteiger partial charge < -0.3 is 9.84 Å². The van der Waals surface area contributed by atoms with Gasteiger partial charge in [-0.05, 0) is 17.7 Å². The monoisotopic (exact) mass is 310 g/mol. The van der Waals surface area contributed by atoms with Gasteiger partial charge in [0.2, 0.25) is 0 Å². The van der Waals surface area contributed by atoms with Crippen LogP contribution in [0.3, 0.4) is 0 Å². The van der Waals surface area contributed by atoms with Crippen LogP contribution in [0.2, 0.25) is 0 Å². The van der Waals surface area contributed by atoms with Crippen molar-refractivity contribution >= 4 is 17.4 Å². The van der Waals surface area contributed by atoms with Gasteiger partial charge in [0.25, 0.3) is 11.8 Å². The van der Waals surface area contributed by atoms with Crippen LogP contribution in [0.25, 0.3) is 5.57 Å². The molecule has 23 heavy (non-hydrogen) atoms. The van der Waals surface area contributed by atoms with Crippen molar-refractivity contribution < 1.29 is 19.4 Å². The van der Waals surface area contributed by atoms with E-state index in [-0.39, 0.29) is 12.1 Å². The molecule has 0 spiro atoms. The molecule has 0 saturated heterocycles. The Bertz CT molecular complexity index is 799. The summed E-state index contributed by atoms with van der Waals surface area (Å²) < 4.78 is 5.21. The van der Waals surface area contributed by atoms with Gasteiger partial charge in [-0.15, -0.1) is 0 Å². The topological polar surface area (TPSA) is 79.7 Å². The second-order valence-corrected chi connectivity index (χ2v) is 4.98. The Hall–Kier alpha value is -3.15. The number of hydrogen-bond acceptors (Lipinski definition) is 5. The van der Waals surface area contributed by atoms with E-state index in [4.69, 9.17) is 4.74 Å². The number of carbonyl (C=O) groups is 2. The fourth-order valence-corrected chi connectivity index (χ4v) is 2.48. The number of aliphatic hydroxyl groups is 1. The lowest BCUT2D eigenvalue weighted by Crippen LogP contribution is -2.31. The van der Waals surface area contributed by atoms with E-state index < -0.39 is 17.6 Å². The summed E-state index contributed by atoms with van der Waals surface area (Å²) in [5, 5.41) is 10.1. The fourth-order valence-electron chi connectivity index (χ4n) is 2.48. The van der Waals surface area contributed by atoms with E-state index in [2.05, 4.69) is 4.98 Å². The predicted molar refractivity (Wildman–Crippen MR) is 82.3 cm³/mol. The van der Waals surface area contributed by atoms with E-state index in [1.165, 1.54) is 7.11 Å². The number of methoxy groups -OCH3 is 1. The summed E-state index contributed by atoms with van der Waals surface area (Å²) >= 11 is 0. The zero-order chi connectivity index (χ0) is 16.4. The van der Waals surface area contributed by atoms with Crippen LogP contribution in [0.5, 0.6) is 5.75 Å². The van der Waals surface area contributed by atoms with Crippen LogP contribution in [-0.4, -0.2) is 33.9 Å². The average molecular weight is 310 g/mol. The van der Waals surface area contributed by atoms with Crippen LogP contribution in [0.1, 0.15) is 11.1 Å². The van der Waals surface area contributed by atoms with Crippen molar-refractivity contribution in [3.8, 4) is 5.75 Å². The summed E-state index contributed by atoms with van der Waals surface area (Å²) in [6, 6.07) is 10.2. The van der Waals surface area contributed by atoms with E-state index in [1.807, 2.05) is 0 Å². The van der Waals surface area contributed by atoms with Crippen molar-refractivity contribution in [2.45, 2.75) is 6.54 Å². The maximum absolute atomic E-state index is 12.6. The maximum Gasteiger partial charge on any atom is 0.296 e. The molecule has 1 aromatic carbocycles. The molecule has 1 aliphatic heterocycles. The molecule has 6 nitrogen and oxygen atoms in total. The molecule has 2 amide bonds. The molecule has 2 heterocycles. The number of nitrogens with zero attached hydrogens (tertiary/aromatic N) is 2. The van der Waals surface area contributed by atoms with Gasteiger partial charge >= 0.3 is 0 Å². The lowest BCUT2D eigenvalue weighted by molar-refractivity contribution is -0.138. The largest absolute Gasteiger partial charge is 0.502 e. The number of imide groups is 1. The van der Waals surface area contributed by atoms with Gasteiger partial charge in [-0.25, -0.2) is 0 Å². The highest BCUT2D eigenvalue weighted by Gasteiger charge is 2.40. The first-order valence-electron chi connectivity index (χ1n) is 6.95. The van der Waals surface area contributed by atoms with Crippen molar-refractivity contribution in [1.29, 1.82) is 0 Å². The van der Waals surface area contributed by atoms with Crippen LogP contribution in [0.15, 0.2) is 54.6 Å². The molecule has 0 radical (unpaired) electrons. The predicted octanol–water partition coefficient (Wildman–Crippen LogP) is 1.93. The number of aromatic nitrogens is 1. The zero-order valence-electron chi connectivity index (χ0n) is 12.4. The highest BCUT2D eigenvalue weighted by molar-refractivity contribution is 6.35. The van der Waals surface area contributed by atoms with E-state index >= 15 is 0 Å². The highest BCUT2D eigenvalue weighted by Crippen LogP contribution is 2.34. The Balaban J connectivity index is 1.97. The molecule has 6 heteroatoms. The summed E-state index contributed by atoms with van der Waals surface area (Å²) in [5.74, 6) is -1.43. The minimum Gasteiger partial charge on any atom is -0.502 e. The number of hydrogen-bond donors (Lipinski definition) is 1. The Kier molecular flexibility index (Phi) is 3.80. The summed E-state index contributed by atoms with van der Waals surface area (Å²) in [5.41, 5.74) is 1.04.